The van der Waals surface area contributed by atoms with Gasteiger partial charge in [0, 0.05) is 0 Å². The number of hydrogen-bond donors (Lipinski definition) is 0. The summed E-state index contributed by atoms with van der Waals surface area (Å²) in [6.07, 6.45) is 5.06. The molecule has 0 fully saturated rings. The summed E-state index contributed by atoms with van der Waals surface area (Å²) in [4.78, 5) is 0. The van der Waals surface area contributed by atoms with Crippen molar-refractivity contribution >= 4 is 27.4 Å². The van der Waals surface area contributed by atoms with Crippen LogP contribution in [0.2, 0.25) is 6.04 Å². The van der Waals surface area contributed by atoms with Crippen LogP contribution in [-0.2, 0) is 0 Å². The van der Waals surface area contributed by atoms with Crippen molar-refractivity contribution in [2.75, 3.05) is 0 Å². The standard InChI is InChI=1S/C18H23BrOSi/c1-2-3-4-11-16-21(19,18-14-9-6-10-15-18)20-17-12-7-5-8-13-17/h5-10,12-15H,2-4,11,16H2,1H3. The second kappa shape index (κ2) is 8.40. The van der Waals surface area contributed by atoms with Crippen molar-refractivity contribution in [1.29, 1.82) is 0 Å². The molecule has 0 bridgehead atoms. The van der Waals surface area contributed by atoms with E-state index in [9.17, 15) is 0 Å². The topological polar surface area (TPSA) is 9.23 Å². The van der Waals surface area contributed by atoms with Crippen LogP contribution in [0.5, 0.6) is 5.75 Å². The molecule has 0 spiro atoms. The molecule has 2 rings (SSSR count). The van der Waals surface area contributed by atoms with Crippen LogP contribution in [0.3, 0.4) is 0 Å². The van der Waals surface area contributed by atoms with Crippen molar-refractivity contribution in [2.45, 2.75) is 38.7 Å². The fraction of sp³-hybridized carbons (Fsp3) is 0.333. The molecule has 1 nitrogen and oxygen atoms in total. The largest absolute Gasteiger partial charge is 0.529 e. The zero-order valence-corrected chi connectivity index (χ0v) is 15.2. The van der Waals surface area contributed by atoms with Crippen molar-refractivity contribution in [3.63, 3.8) is 0 Å². The maximum atomic E-state index is 6.42. The Morgan fingerprint density at radius 1 is 0.857 bits per heavy atom. The SMILES string of the molecule is CCCCCC[Si](Br)(Oc1ccccc1)c1ccccc1. The highest BCUT2D eigenvalue weighted by Crippen LogP contribution is 2.26. The van der Waals surface area contributed by atoms with Gasteiger partial charge in [0.05, 0.1) is 0 Å². The maximum absolute atomic E-state index is 6.42. The lowest BCUT2D eigenvalue weighted by Crippen LogP contribution is -2.47. The van der Waals surface area contributed by atoms with Gasteiger partial charge in [0.25, 0.3) is 0 Å². The molecule has 0 N–H and O–H groups in total. The van der Waals surface area contributed by atoms with Gasteiger partial charge in [0.2, 0.25) is 0 Å². The molecule has 21 heavy (non-hydrogen) atoms. The van der Waals surface area contributed by atoms with E-state index >= 15 is 0 Å². The molecule has 0 aromatic heterocycles. The van der Waals surface area contributed by atoms with Crippen LogP contribution in [0.25, 0.3) is 0 Å². The molecule has 1 unspecified atom stereocenters. The molecule has 0 saturated heterocycles. The predicted molar refractivity (Wildman–Crippen MR) is 96.8 cm³/mol. The lowest BCUT2D eigenvalue weighted by atomic mass is 10.2. The molecule has 3 heteroatoms. The first-order valence-corrected chi connectivity index (χ1v) is 12.1. The average Bonchev–Trinajstić information content (AvgIpc) is 2.53. The molecule has 0 heterocycles. The zero-order chi connectivity index (χ0) is 15.0. The molecule has 1 atom stereocenters. The van der Waals surface area contributed by atoms with Crippen molar-refractivity contribution in [3.8, 4) is 5.75 Å². The van der Waals surface area contributed by atoms with Crippen molar-refractivity contribution < 1.29 is 4.43 Å². The Kier molecular flexibility index (Phi) is 6.52. The van der Waals surface area contributed by atoms with E-state index in [0.29, 0.717) is 0 Å². The van der Waals surface area contributed by atoms with E-state index in [4.69, 9.17) is 4.43 Å². The third kappa shape index (κ3) is 5.01. The van der Waals surface area contributed by atoms with Crippen molar-refractivity contribution in [1.82, 2.24) is 0 Å². The lowest BCUT2D eigenvalue weighted by Gasteiger charge is -2.26. The first-order valence-electron chi connectivity index (χ1n) is 7.73. The molecule has 2 aromatic carbocycles. The summed E-state index contributed by atoms with van der Waals surface area (Å²) in [5, 5.41) is 1.31. The molecular formula is C18H23BrOSi. The van der Waals surface area contributed by atoms with Crippen LogP contribution in [0.4, 0.5) is 0 Å². The Bertz CT molecular complexity index is 517. The van der Waals surface area contributed by atoms with Gasteiger partial charge in [0.15, 0.2) is 0 Å². The van der Waals surface area contributed by atoms with E-state index in [1.165, 1.54) is 30.9 Å². The molecule has 2 aromatic rings. The summed E-state index contributed by atoms with van der Waals surface area (Å²) in [6.45, 7) is 0.143. The second-order valence-electron chi connectivity index (χ2n) is 5.32. The van der Waals surface area contributed by atoms with Gasteiger partial charge in [-0.2, -0.15) is 0 Å². The minimum atomic E-state index is -2.10. The van der Waals surface area contributed by atoms with Gasteiger partial charge < -0.3 is 4.43 Å². The van der Waals surface area contributed by atoms with Crippen molar-refractivity contribution in [3.05, 3.63) is 60.7 Å². The summed E-state index contributed by atoms with van der Waals surface area (Å²) < 4.78 is 6.42. The fourth-order valence-corrected chi connectivity index (χ4v) is 7.00. The number of benzene rings is 2. The number of unbranched alkanes of at least 4 members (excludes halogenated alkanes) is 3. The van der Waals surface area contributed by atoms with Crippen LogP contribution in [0, 0.1) is 0 Å². The predicted octanol–water partition coefficient (Wildman–Crippen LogP) is 5.39. The minimum Gasteiger partial charge on any atom is -0.529 e. The highest BCUT2D eigenvalue weighted by Gasteiger charge is 2.35. The maximum Gasteiger partial charge on any atom is 0.353 e. The summed E-state index contributed by atoms with van der Waals surface area (Å²) in [5.41, 5.74) is 0. The average molecular weight is 363 g/mol. The molecule has 0 radical (unpaired) electrons. The fourth-order valence-electron chi connectivity index (χ4n) is 2.40. The van der Waals surface area contributed by atoms with Crippen molar-refractivity contribution in [2.24, 2.45) is 0 Å². The van der Waals surface area contributed by atoms with E-state index in [-0.39, 0.29) is 0 Å². The minimum absolute atomic E-state index is 0.959. The third-order valence-electron chi connectivity index (χ3n) is 3.58. The monoisotopic (exact) mass is 362 g/mol. The highest BCUT2D eigenvalue weighted by molar-refractivity contribution is 9.26. The Morgan fingerprint density at radius 2 is 1.48 bits per heavy atom. The van der Waals surface area contributed by atoms with Crippen LogP contribution >= 0.6 is 15.3 Å². The first kappa shape index (κ1) is 16.3. The molecule has 0 saturated carbocycles. The summed E-state index contributed by atoms with van der Waals surface area (Å²) in [5.74, 6) is 0.959. The smallest absolute Gasteiger partial charge is 0.353 e. The molecule has 112 valence electrons. The van der Waals surface area contributed by atoms with Gasteiger partial charge in [-0.25, -0.2) is 0 Å². The molecule has 0 aliphatic carbocycles. The Morgan fingerprint density at radius 3 is 2.10 bits per heavy atom. The van der Waals surface area contributed by atoms with Gasteiger partial charge in [0.1, 0.15) is 5.75 Å². The second-order valence-corrected chi connectivity index (χ2v) is 11.9. The number of rotatable bonds is 8. The quantitative estimate of drug-likeness (QED) is 0.347. The molecule has 0 aliphatic rings. The van der Waals surface area contributed by atoms with Gasteiger partial charge in [-0.1, -0.05) is 96.4 Å². The summed E-state index contributed by atoms with van der Waals surface area (Å²) in [6, 6.07) is 21.9. The summed E-state index contributed by atoms with van der Waals surface area (Å²) >= 11 is 4.00. The van der Waals surface area contributed by atoms with E-state index in [1.807, 2.05) is 30.3 Å². The summed E-state index contributed by atoms with van der Waals surface area (Å²) in [7, 11) is 0. The van der Waals surface area contributed by atoms with E-state index in [2.05, 4.69) is 52.5 Å². The molecule has 0 aliphatic heterocycles. The van der Waals surface area contributed by atoms with Gasteiger partial charge in [-0.05, 0) is 23.4 Å². The number of para-hydroxylation sites is 1. The van der Waals surface area contributed by atoms with Gasteiger partial charge >= 0.3 is 6.94 Å². The first-order chi connectivity index (χ1) is 10.2. The highest BCUT2D eigenvalue weighted by atomic mass is 79.9. The lowest BCUT2D eigenvalue weighted by molar-refractivity contribution is 0.563. The van der Waals surface area contributed by atoms with Crippen LogP contribution < -0.4 is 9.61 Å². The van der Waals surface area contributed by atoms with E-state index in [1.54, 1.807) is 0 Å². The Balaban J connectivity index is 2.13. The molecular weight excluding hydrogens is 340 g/mol. The van der Waals surface area contributed by atoms with Gasteiger partial charge in [-0.3, -0.25) is 0 Å². The Labute approximate surface area is 137 Å². The van der Waals surface area contributed by atoms with Crippen LogP contribution in [0.1, 0.15) is 32.6 Å². The number of hydrogen-bond acceptors (Lipinski definition) is 1. The Hall–Kier alpha value is -1.06. The normalized spacial score (nSPS) is 13.6. The van der Waals surface area contributed by atoms with Crippen LogP contribution in [-0.4, -0.2) is 6.94 Å². The zero-order valence-electron chi connectivity index (χ0n) is 12.6. The van der Waals surface area contributed by atoms with Gasteiger partial charge in [-0.15, -0.1) is 0 Å². The van der Waals surface area contributed by atoms with E-state index < -0.39 is 6.94 Å². The van der Waals surface area contributed by atoms with Crippen LogP contribution in [0.15, 0.2) is 60.7 Å². The molecule has 0 amide bonds. The van der Waals surface area contributed by atoms with E-state index in [0.717, 1.165) is 11.8 Å². The third-order valence-corrected chi connectivity index (χ3v) is 9.38. The number of halogens is 1.